The third-order valence-corrected chi connectivity index (χ3v) is 6.28. The topological polar surface area (TPSA) is 138 Å². The summed E-state index contributed by atoms with van der Waals surface area (Å²) in [7, 11) is -4.41. The normalized spacial score (nSPS) is 12.6. The summed E-state index contributed by atoms with van der Waals surface area (Å²) < 4.78 is 54.8. The van der Waals surface area contributed by atoms with Crippen molar-refractivity contribution in [3.63, 3.8) is 0 Å². The van der Waals surface area contributed by atoms with E-state index in [4.69, 9.17) is 15.8 Å². The van der Waals surface area contributed by atoms with Crippen LogP contribution < -0.4 is 9.50 Å². The second-order valence-corrected chi connectivity index (χ2v) is 9.03. The van der Waals surface area contributed by atoms with Crippen molar-refractivity contribution in [2.75, 3.05) is 11.2 Å². The largest absolute Gasteiger partial charge is 0.771 e. The minimum absolute atomic E-state index is 0.0176. The maximum Gasteiger partial charge on any atom is 0.341 e. The molecule has 12 heteroatoms. The number of nitrogens with zero attached hydrogens (tertiary/aromatic N) is 1. The molecule has 0 spiro atoms. The lowest BCUT2D eigenvalue weighted by atomic mass is 10.2. The smallest absolute Gasteiger partial charge is 0.341 e. The van der Waals surface area contributed by atoms with Crippen LogP contribution in [0.1, 0.15) is 5.69 Å². The van der Waals surface area contributed by atoms with E-state index in [0.717, 1.165) is 0 Å². The number of nitrogens with one attached hydrogen (secondary N) is 1. The highest BCUT2D eigenvalue weighted by Gasteiger charge is 2.29. The van der Waals surface area contributed by atoms with Crippen molar-refractivity contribution in [1.29, 1.82) is 0 Å². The molecule has 1 atom stereocenters. The fourth-order valence-corrected chi connectivity index (χ4v) is 4.86. The van der Waals surface area contributed by atoms with Gasteiger partial charge in [-0.1, -0.05) is 17.7 Å². The minimum atomic E-state index is -4.41. The summed E-state index contributed by atoms with van der Waals surface area (Å²) in [6, 6.07) is 10.3. The number of fused-ring (bicyclic) bond motifs is 1. The molecule has 0 aliphatic rings. The molecular formula is C18H16ClN2O7S2-. The highest BCUT2D eigenvalue weighted by molar-refractivity contribution is 7.87. The van der Waals surface area contributed by atoms with Gasteiger partial charge < -0.3 is 23.7 Å². The Morgan fingerprint density at radius 3 is 2.53 bits per heavy atom. The fraction of sp³-hybridized carbons (Fsp3) is 0.167. The Labute approximate surface area is 179 Å². The average Bonchev–Trinajstić information content (AvgIpc) is 2.94. The highest BCUT2D eigenvalue weighted by atomic mass is 35.5. The number of halogens is 1. The van der Waals surface area contributed by atoms with Crippen molar-refractivity contribution in [3.8, 4) is 5.75 Å². The molecule has 30 heavy (non-hydrogen) atoms. The summed E-state index contributed by atoms with van der Waals surface area (Å²) in [6.07, 6.45) is 0. The molecule has 0 amide bonds. The molecule has 0 radical (unpaired) electrons. The summed E-state index contributed by atoms with van der Waals surface area (Å²) in [4.78, 5) is 11.1. The Morgan fingerprint density at radius 1 is 1.27 bits per heavy atom. The highest BCUT2D eigenvalue weighted by Crippen LogP contribution is 2.36. The lowest BCUT2D eigenvalue weighted by Crippen LogP contribution is -2.14. The Balaban J connectivity index is 2.22. The Hall–Kier alpha value is -2.60. The van der Waals surface area contributed by atoms with Crippen LogP contribution in [0.4, 0.5) is 5.69 Å². The van der Waals surface area contributed by atoms with Gasteiger partial charge in [-0.25, -0.2) is 0 Å². The van der Waals surface area contributed by atoms with E-state index in [1.165, 1.54) is 41.8 Å². The van der Waals surface area contributed by atoms with Gasteiger partial charge in [-0.3, -0.25) is 9.00 Å². The van der Waals surface area contributed by atoms with Gasteiger partial charge in [0.25, 0.3) is 0 Å². The van der Waals surface area contributed by atoms with Gasteiger partial charge in [0.05, 0.1) is 11.4 Å². The van der Waals surface area contributed by atoms with Crippen LogP contribution in [0.3, 0.4) is 0 Å². The third kappa shape index (κ3) is 4.59. The van der Waals surface area contributed by atoms with E-state index < -0.39 is 39.6 Å². The van der Waals surface area contributed by atoms with E-state index >= 15 is 0 Å². The predicted octanol–water partition coefficient (Wildman–Crippen LogP) is 2.70. The summed E-state index contributed by atoms with van der Waals surface area (Å²) in [6.45, 7) is 0.965. The summed E-state index contributed by atoms with van der Waals surface area (Å²) in [5, 5.41) is 12.4. The molecule has 0 fully saturated rings. The second kappa shape index (κ2) is 8.64. The molecule has 0 saturated carbocycles. The van der Waals surface area contributed by atoms with Crippen LogP contribution in [0.2, 0.25) is 5.02 Å². The number of hydrogen-bond acceptors (Lipinski definition) is 7. The lowest BCUT2D eigenvalue weighted by Gasteiger charge is -2.12. The monoisotopic (exact) mass is 471 g/mol. The number of aliphatic carboxylic acids is 1. The molecule has 0 aliphatic heterocycles. The van der Waals surface area contributed by atoms with Crippen molar-refractivity contribution >= 4 is 55.4 Å². The van der Waals surface area contributed by atoms with Crippen molar-refractivity contribution in [3.05, 3.63) is 53.2 Å². The first-order valence-corrected chi connectivity index (χ1v) is 11.5. The van der Waals surface area contributed by atoms with Crippen molar-refractivity contribution in [2.24, 2.45) is 0 Å². The summed E-state index contributed by atoms with van der Waals surface area (Å²) in [5.74, 6) is -1.61. The van der Waals surface area contributed by atoms with Gasteiger partial charge in [0.2, 0.25) is 0 Å². The Bertz CT molecular complexity index is 1240. The van der Waals surface area contributed by atoms with E-state index in [2.05, 4.69) is 5.32 Å². The van der Waals surface area contributed by atoms with E-state index in [1.807, 2.05) is 0 Å². The maximum atomic E-state index is 13.1. The van der Waals surface area contributed by atoms with Crippen molar-refractivity contribution in [1.82, 2.24) is 4.57 Å². The quantitative estimate of drug-likeness (QED) is 0.377. The molecule has 2 N–H and O–H groups in total. The molecule has 0 bridgehead atoms. The molecule has 1 unspecified atom stereocenters. The van der Waals surface area contributed by atoms with Crippen LogP contribution in [0.5, 0.6) is 5.75 Å². The predicted molar refractivity (Wildman–Crippen MR) is 111 cm³/mol. The number of carboxylic acids is 1. The number of carboxylic acid groups (broad SMARTS) is 1. The number of anilines is 1. The molecular weight excluding hydrogens is 456 g/mol. The number of rotatable bonds is 8. The number of carbonyl (C=O) groups is 1. The molecule has 1 heterocycles. The minimum Gasteiger partial charge on any atom is -0.771 e. The molecule has 9 nitrogen and oxygen atoms in total. The van der Waals surface area contributed by atoms with Crippen molar-refractivity contribution < 1.29 is 31.3 Å². The van der Waals surface area contributed by atoms with Gasteiger partial charge in [0.1, 0.15) is 17.2 Å². The first-order chi connectivity index (χ1) is 14.1. The maximum absolute atomic E-state index is 13.1. The van der Waals surface area contributed by atoms with Gasteiger partial charge in [0.15, 0.2) is 0 Å². The van der Waals surface area contributed by atoms with Crippen LogP contribution in [-0.2, 0) is 32.5 Å². The van der Waals surface area contributed by atoms with Crippen LogP contribution in [0.15, 0.2) is 47.4 Å². The Morgan fingerprint density at radius 2 is 1.93 bits per heavy atom. The van der Waals surface area contributed by atoms with Gasteiger partial charge in [0, 0.05) is 21.8 Å². The zero-order valence-electron chi connectivity index (χ0n) is 15.5. The van der Waals surface area contributed by atoms with Crippen LogP contribution in [0.25, 0.3) is 10.9 Å². The van der Waals surface area contributed by atoms with Crippen LogP contribution >= 0.6 is 11.6 Å². The van der Waals surface area contributed by atoms with E-state index in [-0.39, 0.29) is 27.4 Å². The third-order valence-electron chi connectivity index (χ3n) is 4.24. The summed E-state index contributed by atoms with van der Waals surface area (Å²) >= 11 is 3.38. The molecule has 160 valence electrons. The van der Waals surface area contributed by atoms with Gasteiger partial charge in [-0.05, 0) is 54.4 Å². The fourth-order valence-electron chi connectivity index (χ4n) is 3.08. The van der Waals surface area contributed by atoms with Crippen LogP contribution in [-0.4, -0.2) is 38.7 Å². The van der Waals surface area contributed by atoms with Gasteiger partial charge >= 0.3 is 16.1 Å². The van der Waals surface area contributed by atoms with E-state index in [0.29, 0.717) is 10.5 Å². The average molecular weight is 472 g/mol. The Kier molecular flexibility index (Phi) is 6.36. The second-order valence-electron chi connectivity index (χ2n) is 6.21. The number of hydrogen-bond donors (Lipinski definition) is 2. The molecule has 1 aromatic heterocycles. The number of benzene rings is 2. The molecule has 3 aromatic rings. The van der Waals surface area contributed by atoms with Crippen molar-refractivity contribution in [2.45, 2.75) is 18.4 Å². The number of aromatic nitrogens is 1. The lowest BCUT2D eigenvalue weighted by molar-refractivity contribution is -0.137. The van der Waals surface area contributed by atoms with E-state index in [9.17, 15) is 27.1 Å². The zero-order valence-corrected chi connectivity index (χ0v) is 17.9. The molecule has 3 rings (SSSR count). The first kappa shape index (κ1) is 22.1. The standard InChI is InChI=1S/C18H17ClN2O7S2/c1-11-18(30(26,27)28-13-7-5-12(19)6-8-13)17-14(20-10-29(24)25)3-2-4-15(17)21(11)9-16(22)23/h2-8,20H,9-10H2,1H3,(H,22,23)(H,24,25)/p-1. The SMILES string of the molecule is Cc1c(S(=O)(=O)Oc2ccc(Cl)cc2)c2c(NCS(=O)[O-])cccc2n1CC(=O)O. The van der Waals surface area contributed by atoms with Crippen LogP contribution in [0, 0.1) is 6.92 Å². The first-order valence-electron chi connectivity index (χ1n) is 8.43. The van der Waals surface area contributed by atoms with E-state index in [1.54, 1.807) is 12.1 Å². The molecule has 0 saturated heterocycles. The molecule has 2 aromatic carbocycles. The van der Waals surface area contributed by atoms with Gasteiger partial charge in [-0.15, -0.1) is 0 Å². The van der Waals surface area contributed by atoms with Gasteiger partial charge in [-0.2, -0.15) is 8.42 Å². The zero-order chi connectivity index (χ0) is 22.1. The summed E-state index contributed by atoms with van der Waals surface area (Å²) in [5.41, 5.74) is 0.649. The molecule has 0 aliphatic carbocycles.